The summed E-state index contributed by atoms with van der Waals surface area (Å²) in [5, 5.41) is 0. The maximum absolute atomic E-state index is 11.4. The Balaban J connectivity index is 2.22. The lowest BCUT2D eigenvalue weighted by molar-refractivity contribution is -0.235. The quantitative estimate of drug-likeness (QED) is 0.528. The van der Waals surface area contributed by atoms with Crippen LogP contribution in [-0.2, 0) is 33.2 Å². The largest absolute Gasteiger partial charge is 0.353 e. The fourth-order valence-electron chi connectivity index (χ4n) is 2.70. The van der Waals surface area contributed by atoms with E-state index in [2.05, 4.69) is 6.58 Å². The van der Waals surface area contributed by atoms with Gasteiger partial charge < -0.3 is 18.9 Å². The molecule has 122 valence electrons. The van der Waals surface area contributed by atoms with E-state index < -0.39 is 46.6 Å². The van der Waals surface area contributed by atoms with E-state index in [1.54, 1.807) is 19.9 Å². The maximum Gasteiger partial charge on any atom is 0.264 e. The van der Waals surface area contributed by atoms with Gasteiger partial charge in [-0.2, -0.15) is 8.42 Å². The summed E-state index contributed by atoms with van der Waals surface area (Å²) in [5.41, 5.74) is 0. The highest BCUT2D eigenvalue weighted by atomic mass is 32.2. The summed E-state index contributed by atoms with van der Waals surface area (Å²) in [6.45, 7) is 7.19. The number of ether oxygens (including phenoxy) is 4. The van der Waals surface area contributed by atoms with E-state index in [-0.39, 0.29) is 0 Å². The normalized spacial score (nSPS) is 36.4. The second-order valence-corrected chi connectivity index (χ2v) is 7.23. The average Bonchev–Trinajstić information content (AvgIpc) is 2.79. The molecule has 8 heteroatoms. The van der Waals surface area contributed by atoms with Crippen LogP contribution in [0, 0.1) is 0 Å². The first-order chi connectivity index (χ1) is 9.67. The lowest BCUT2D eigenvalue weighted by atomic mass is 10.0. The monoisotopic (exact) mass is 322 g/mol. The zero-order chi connectivity index (χ0) is 15.8. The summed E-state index contributed by atoms with van der Waals surface area (Å²) in [4.78, 5) is 0. The molecule has 7 nitrogen and oxygen atoms in total. The Hall–Kier alpha value is -0.510. The topological polar surface area (TPSA) is 80.3 Å². The standard InChI is InChI=1S/C13H22O7S/c1-6-7-8(20-21(5,14)15)9-10-11(12(16-4)17-9)19-13(2,3)18-10/h6,8-12H,1,7H2,2-5H3/t8-,9?,10?,11?,12?/m0/s1. The molecule has 0 amide bonds. The Morgan fingerprint density at radius 1 is 1.33 bits per heavy atom. The van der Waals surface area contributed by atoms with Gasteiger partial charge in [-0.05, 0) is 20.3 Å². The Labute approximate surface area is 125 Å². The van der Waals surface area contributed by atoms with Gasteiger partial charge in [0.1, 0.15) is 24.4 Å². The average molecular weight is 322 g/mol. The summed E-state index contributed by atoms with van der Waals surface area (Å²) in [6, 6.07) is 0. The lowest BCUT2D eigenvalue weighted by Gasteiger charge is -2.27. The number of methoxy groups -OCH3 is 1. The molecule has 0 radical (unpaired) electrons. The van der Waals surface area contributed by atoms with E-state index in [4.69, 9.17) is 23.1 Å². The van der Waals surface area contributed by atoms with Gasteiger partial charge in [-0.1, -0.05) is 6.08 Å². The summed E-state index contributed by atoms with van der Waals surface area (Å²) in [6.07, 6.45) is 0.0203. The molecule has 21 heavy (non-hydrogen) atoms. The van der Waals surface area contributed by atoms with Crippen LogP contribution in [0.2, 0.25) is 0 Å². The van der Waals surface area contributed by atoms with Crippen molar-refractivity contribution >= 4 is 10.1 Å². The van der Waals surface area contributed by atoms with Gasteiger partial charge in [0.05, 0.1) is 6.26 Å². The van der Waals surface area contributed by atoms with Crippen molar-refractivity contribution in [3.63, 3.8) is 0 Å². The molecule has 2 heterocycles. The molecule has 4 unspecified atom stereocenters. The van der Waals surface area contributed by atoms with Gasteiger partial charge in [-0.25, -0.2) is 0 Å². The van der Waals surface area contributed by atoms with E-state index in [0.29, 0.717) is 6.42 Å². The first kappa shape index (κ1) is 16.9. The molecule has 0 N–H and O–H groups in total. The Morgan fingerprint density at radius 3 is 2.48 bits per heavy atom. The van der Waals surface area contributed by atoms with Crippen LogP contribution in [0.1, 0.15) is 20.3 Å². The molecule has 0 bridgehead atoms. The highest BCUT2D eigenvalue weighted by molar-refractivity contribution is 7.86. The molecule has 5 atom stereocenters. The molecule has 2 aliphatic heterocycles. The highest BCUT2D eigenvalue weighted by Crippen LogP contribution is 2.41. The number of fused-ring (bicyclic) bond motifs is 1. The molecule has 2 fully saturated rings. The van der Waals surface area contributed by atoms with Gasteiger partial charge in [-0.15, -0.1) is 6.58 Å². The van der Waals surface area contributed by atoms with Crippen molar-refractivity contribution in [3.8, 4) is 0 Å². The zero-order valence-corrected chi connectivity index (χ0v) is 13.5. The number of rotatable bonds is 6. The van der Waals surface area contributed by atoms with Gasteiger partial charge >= 0.3 is 0 Å². The molecule has 0 spiro atoms. The highest BCUT2D eigenvalue weighted by Gasteiger charge is 2.57. The van der Waals surface area contributed by atoms with Crippen LogP contribution in [-0.4, -0.2) is 58.3 Å². The third-order valence-electron chi connectivity index (χ3n) is 3.34. The molecular formula is C13H22O7S. The molecule has 2 aliphatic rings. The fourth-order valence-corrected chi connectivity index (χ4v) is 3.33. The van der Waals surface area contributed by atoms with E-state index in [1.807, 2.05) is 0 Å². The minimum absolute atomic E-state index is 0.307. The van der Waals surface area contributed by atoms with Crippen LogP contribution < -0.4 is 0 Å². The second-order valence-electron chi connectivity index (χ2n) is 5.63. The van der Waals surface area contributed by atoms with Crippen LogP contribution >= 0.6 is 0 Å². The predicted octanol–water partition coefficient (Wildman–Crippen LogP) is 0.799. The molecular weight excluding hydrogens is 300 g/mol. The minimum Gasteiger partial charge on any atom is -0.353 e. The summed E-state index contributed by atoms with van der Waals surface area (Å²) >= 11 is 0. The van der Waals surface area contributed by atoms with Crippen LogP contribution in [0.15, 0.2) is 12.7 Å². The van der Waals surface area contributed by atoms with E-state index in [1.165, 1.54) is 7.11 Å². The van der Waals surface area contributed by atoms with Crippen molar-refractivity contribution in [2.75, 3.05) is 13.4 Å². The van der Waals surface area contributed by atoms with E-state index >= 15 is 0 Å². The molecule has 0 aliphatic carbocycles. The van der Waals surface area contributed by atoms with Crippen molar-refractivity contribution < 1.29 is 31.5 Å². The summed E-state index contributed by atoms with van der Waals surface area (Å²) in [7, 11) is -2.13. The third kappa shape index (κ3) is 3.82. The summed E-state index contributed by atoms with van der Waals surface area (Å²) < 4.78 is 50.5. The van der Waals surface area contributed by atoms with Crippen LogP contribution in [0.5, 0.6) is 0 Å². The van der Waals surface area contributed by atoms with Crippen molar-refractivity contribution in [2.24, 2.45) is 0 Å². The van der Waals surface area contributed by atoms with Crippen LogP contribution in [0.3, 0.4) is 0 Å². The SMILES string of the molecule is C=CC[C@H](OS(C)(=O)=O)C1OC(OC)C2OC(C)(C)OC21. The minimum atomic E-state index is -3.63. The van der Waals surface area contributed by atoms with Crippen molar-refractivity contribution in [1.82, 2.24) is 0 Å². The second kappa shape index (κ2) is 5.94. The number of hydrogen-bond acceptors (Lipinski definition) is 7. The predicted molar refractivity (Wildman–Crippen MR) is 74.0 cm³/mol. The van der Waals surface area contributed by atoms with Gasteiger partial charge in [0.15, 0.2) is 12.1 Å². The van der Waals surface area contributed by atoms with Crippen LogP contribution in [0.25, 0.3) is 0 Å². The van der Waals surface area contributed by atoms with Crippen LogP contribution in [0.4, 0.5) is 0 Å². The zero-order valence-electron chi connectivity index (χ0n) is 12.6. The molecule has 0 aromatic carbocycles. The maximum atomic E-state index is 11.4. The van der Waals surface area contributed by atoms with Crippen molar-refractivity contribution in [1.29, 1.82) is 0 Å². The van der Waals surface area contributed by atoms with Crippen molar-refractivity contribution in [3.05, 3.63) is 12.7 Å². The third-order valence-corrected chi connectivity index (χ3v) is 3.94. The van der Waals surface area contributed by atoms with Gasteiger partial charge in [0, 0.05) is 7.11 Å². The Kier molecular flexibility index (Phi) is 4.77. The molecule has 0 saturated carbocycles. The molecule has 2 saturated heterocycles. The smallest absolute Gasteiger partial charge is 0.264 e. The molecule has 0 aromatic heterocycles. The first-order valence-corrected chi connectivity index (χ1v) is 8.51. The van der Waals surface area contributed by atoms with E-state index in [9.17, 15) is 8.42 Å². The van der Waals surface area contributed by atoms with Gasteiger partial charge in [-0.3, -0.25) is 4.18 Å². The first-order valence-electron chi connectivity index (χ1n) is 6.70. The molecule has 0 aromatic rings. The van der Waals surface area contributed by atoms with Gasteiger partial charge in [0.2, 0.25) is 0 Å². The summed E-state index contributed by atoms with van der Waals surface area (Å²) in [5.74, 6) is -0.780. The Morgan fingerprint density at radius 2 is 1.95 bits per heavy atom. The van der Waals surface area contributed by atoms with Gasteiger partial charge in [0.25, 0.3) is 10.1 Å². The lowest BCUT2D eigenvalue weighted by Crippen LogP contribution is -2.40. The molecule has 2 rings (SSSR count). The Bertz CT molecular complexity index is 487. The number of hydrogen-bond donors (Lipinski definition) is 0. The van der Waals surface area contributed by atoms with Crippen molar-refractivity contribution in [2.45, 2.75) is 56.8 Å². The fraction of sp³-hybridized carbons (Fsp3) is 0.846. The van der Waals surface area contributed by atoms with E-state index in [0.717, 1.165) is 6.26 Å².